The highest BCUT2D eigenvalue weighted by Crippen LogP contribution is 2.66. The van der Waals surface area contributed by atoms with Gasteiger partial charge in [-0.05, 0) is 25.3 Å². The molecule has 4 rings (SSSR count). The number of Topliss-reactive ketones (excluding diaryl/α,β-unsaturated/α-hetero) is 1. The molecular formula is C21H23NO4. The number of allylic oxidation sites excluding steroid dienone is 1. The predicted octanol–water partition coefficient (Wildman–Crippen LogP) is 2.65. The highest BCUT2D eigenvalue weighted by atomic mass is 16.5. The highest BCUT2D eigenvalue weighted by Gasteiger charge is 2.76. The second-order valence-electron chi connectivity index (χ2n) is 7.83. The third-order valence-electron chi connectivity index (χ3n) is 6.68. The summed E-state index contributed by atoms with van der Waals surface area (Å²) in [5.74, 6) is -0.652. The van der Waals surface area contributed by atoms with Crippen molar-refractivity contribution in [3.05, 3.63) is 47.0 Å². The predicted molar refractivity (Wildman–Crippen MR) is 94.9 cm³/mol. The number of likely N-dealkylation sites (tertiary alicyclic amines) is 1. The summed E-state index contributed by atoms with van der Waals surface area (Å²) in [6.07, 6.45) is 1.28. The molecule has 0 bridgehead atoms. The van der Waals surface area contributed by atoms with E-state index < -0.39 is 16.8 Å². The van der Waals surface area contributed by atoms with Crippen LogP contribution in [-0.4, -0.2) is 35.7 Å². The Balaban J connectivity index is 1.86. The van der Waals surface area contributed by atoms with Gasteiger partial charge in [0, 0.05) is 30.0 Å². The van der Waals surface area contributed by atoms with E-state index in [1.165, 1.54) is 7.11 Å². The van der Waals surface area contributed by atoms with E-state index in [9.17, 15) is 14.4 Å². The van der Waals surface area contributed by atoms with Crippen molar-refractivity contribution in [2.24, 2.45) is 10.8 Å². The Morgan fingerprint density at radius 1 is 1.27 bits per heavy atom. The molecule has 5 heteroatoms. The molecule has 1 saturated carbocycles. The lowest BCUT2D eigenvalue weighted by Crippen LogP contribution is -2.51. The summed E-state index contributed by atoms with van der Waals surface area (Å²) in [6, 6.07) is 9.60. The lowest BCUT2D eigenvalue weighted by Gasteiger charge is -2.42. The number of nitrogens with zero attached hydrogens (tertiary/aromatic N) is 1. The van der Waals surface area contributed by atoms with Gasteiger partial charge < -0.3 is 9.64 Å². The molecule has 3 atom stereocenters. The lowest BCUT2D eigenvalue weighted by atomic mass is 9.58. The van der Waals surface area contributed by atoms with Gasteiger partial charge >= 0.3 is 5.97 Å². The number of hydrogen-bond acceptors (Lipinski definition) is 4. The van der Waals surface area contributed by atoms with Gasteiger partial charge in [-0.1, -0.05) is 42.8 Å². The van der Waals surface area contributed by atoms with Gasteiger partial charge in [0.1, 0.15) is 0 Å². The summed E-state index contributed by atoms with van der Waals surface area (Å²) in [6.45, 7) is 4.23. The first-order valence-corrected chi connectivity index (χ1v) is 9.04. The van der Waals surface area contributed by atoms with E-state index in [1.54, 1.807) is 0 Å². The maximum atomic E-state index is 13.6. The number of rotatable bonds is 3. The van der Waals surface area contributed by atoms with E-state index >= 15 is 0 Å². The number of carbonyl (C=O) groups excluding carboxylic acids is 3. The van der Waals surface area contributed by atoms with Crippen LogP contribution in [0.3, 0.4) is 0 Å². The van der Waals surface area contributed by atoms with E-state index in [0.29, 0.717) is 25.0 Å². The summed E-state index contributed by atoms with van der Waals surface area (Å²) in [4.78, 5) is 41.0. The van der Waals surface area contributed by atoms with Crippen molar-refractivity contribution in [3.63, 3.8) is 0 Å². The van der Waals surface area contributed by atoms with Gasteiger partial charge in [0.25, 0.3) is 0 Å². The van der Waals surface area contributed by atoms with E-state index in [1.807, 2.05) is 49.1 Å². The Kier molecular flexibility index (Phi) is 3.62. The molecule has 1 amide bonds. The molecule has 1 saturated heterocycles. The normalized spacial score (nSPS) is 32.9. The fraction of sp³-hybridized carbons (Fsp3) is 0.476. The Bertz CT molecular complexity index is 843. The molecule has 136 valence electrons. The molecule has 0 N–H and O–H groups in total. The number of carbonyl (C=O) groups is 3. The second kappa shape index (κ2) is 5.53. The lowest BCUT2D eigenvalue weighted by molar-refractivity contribution is -0.162. The zero-order chi connectivity index (χ0) is 18.7. The average molecular weight is 353 g/mol. The number of ketones is 1. The number of esters is 1. The van der Waals surface area contributed by atoms with Gasteiger partial charge in [0.2, 0.25) is 5.91 Å². The number of hydrogen-bond donors (Lipinski definition) is 0. The van der Waals surface area contributed by atoms with Crippen molar-refractivity contribution in [2.75, 3.05) is 7.11 Å². The molecule has 2 fully saturated rings. The van der Waals surface area contributed by atoms with Crippen LogP contribution in [-0.2, 0) is 25.7 Å². The minimum absolute atomic E-state index is 0.0707. The average Bonchev–Trinajstić information content (AvgIpc) is 2.98. The molecule has 1 aromatic carbocycles. The van der Waals surface area contributed by atoms with E-state index in [-0.39, 0.29) is 24.2 Å². The van der Waals surface area contributed by atoms with Crippen LogP contribution in [0.5, 0.6) is 0 Å². The van der Waals surface area contributed by atoms with Crippen molar-refractivity contribution in [3.8, 4) is 0 Å². The SMILES string of the molecule is COC(=O)[C@@]12CC(C)=C3C(=O)CC[C@@H](N(Cc4ccccc4)C1=O)[C@]32C. The van der Waals surface area contributed by atoms with Gasteiger partial charge in [-0.2, -0.15) is 0 Å². The minimum Gasteiger partial charge on any atom is -0.468 e. The maximum absolute atomic E-state index is 13.6. The molecule has 1 heterocycles. The number of ether oxygens (including phenoxy) is 1. The molecule has 0 aromatic heterocycles. The minimum atomic E-state index is -1.31. The number of methoxy groups -OCH3 is 1. The number of benzene rings is 1. The summed E-state index contributed by atoms with van der Waals surface area (Å²) in [5.41, 5.74) is 0.439. The van der Waals surface area contributed by atoms with Crippen molar-refractivity contribution in [1.82, 2.24) is 4.90 Å². The molecule has 26 heavy (non-hydrogen) atoms. The summed E-state index contributed by atoms with van der Waals surface area (Å²) >= 11 is 0. The number of amides is 1. The molecule has 1 aromatic rings. The van der Waals surface area contributed by atoms with Crippen molar-refractivity contribution in [2.45, 2.75) is 45.7 Å². The Hall–Kier alpha value is -2.43. The van der Waals surface area contributed by atoms with Crippen LogP contribution >= 0.6 is 0 Å². The van der Waals surface area contributed by atoms with Crippen LogP contribution in [0.2, 0.25) is 0 Å². The molecule has 0 radical (unpaired) electrons. The molecular weight excluding hydrogens is 330 g/mol. The van der Waals surface area contributed by atoms with Crippen LogP contribution in [0.15, 0.2) is 41.5 Å². The first-order chi connectivity index (χ1) is 12.4. The van der Waals surface area contributed by atoms with Crippen LogP contribution in [0.1, 0.15) is 38.7 Å². The summed E-state index contributed by atoms with van der Waals surface area (Å²) < 4.78 is 5.10. The third-order valence-corrected chi connectivity index (χ3v) is 6.68. The molecule has 0 unspecified atom stereocenters. The summed E-state index contributed by atoms with van der Waals surface area (Å²) in [7, 11) is 1.32. The third kappa shape index (κ3) is 1.83. The van der Waals surface area contributed by atoms with Gasteiger partial charge in [0.15, 0.2) is 11.2 Å². The fourth-order valence-corrected chi connectivity index (χ4v) is 5.65. The van der Waals surface area contributed by atoms with Crippen LogP contribution in [0.4, 0.5) is 0 Å². The van der Waals surface area contributed by atoms with Gasteiger partial charge in [-0.15, -0.1) is 0 Å². The van der Waals surface area contributed by atoms with Crippen molar-refractivity contribution < 1.29 is 19.1 Å². The molecule has 1 aliphatic heterocycles. The monoisotopic (exact) mass is 353 g/mol. The largest absolute Gasteiger partial charge is 0.468 e. The second-order valence-corrected chi connectivity index (χ2v) is 7.83. The van der Waals surface area contributed by atoms with Crippen molar-refractivity contribution >= 4 is 17.7 Å². The molecule has 2 aliphatic carbocycles. The van der Waals surface area contributed by atoms with E-state index in [2.05, 4.69) is 0 Å². The Morgan fingerprint density at radius 3 is 2.62 bits per heavy atom. The Labute approximate surface area is 153 Å². The van der Waals surface area contributed by atoms with Crippen molar-refractivity contribution in [1.29, 1.82) is 0 Å². The van der Waals surface area contributed by atoms with Crippen LogP contribution in [0.25, 0.3) is 0 Å². The summed E-state index contributed by atoms with van der Waals surface area (Å²) in [5, 5.41) is 0. The maximum Gasteiger partial charge on any atom is 0.322 e. The zero-order valence-corrected chi connectivity index (χ0v) is 15.4. The highest BCUT2D eigenvalue weighted by molar-refractivity contribution is 6.12. The van der Waals surface area contributed by atoms with Crippen LogP contribution < -0.4 is 0 Å². The van der Waals surface area contributed by atoms with Gasteiger partial charge in [-0.3, -0.25) is 14.4 Å². The Morgan fingerprint density at radius 2 is 1.96 bits per heavy atom. The van der Waals surface area contributed by atoms with E-state index in [0.717, 1.165) is 11.1 Å². The quantitative estimate of drug-likeness (QED) is 0.619. The first kappa shape index (κ1) is 17.0. The smallest absolute Gasteiger partial charge is 0.322 e. The molecule has 0 spiro atoms. The first-order valence-electron chi connectivity index (χ1n) is 9.04. The van der Waals surface area contributed by atoms with Gasteiger partial charge in [0.05, 0.1) is 7.11 Å². The van der Waals surface area contributed by atoms with Gasteiger partial charge in [-0.25, -0.2) is 0 Å². The van der Waals surface area contributed by atoms with E-state index in [4.69, 9.17) is 4.74 Å². The molecule has 5 nitrogen and oxygen atoms in total. The molecule has 3 aliphatic rings. The zero-order valence-electron chi connectivity index (χ0n) is 15.4. The topological polar surface area (TPSA) is 63.7 Å². The fourth-order valence-electron chi connectivity index (χ4n) is 5.65. The standard InChI is InChI=1S/C21H23NO4/c1-13-11-21(19(25)26-3)18(24)22(12-14-7-5-4-6-8-14)16-10-9-15(23)17(13)20(16,21)2/h4-8,16H,9-12H2,1-3H3/t16-,20-,21-/m1/s1. The van der Waals surface area contributed by atoms with Crippen LogP contribution in [0, 0.1) is 10.8 Å².